The van der Waals surface area contributed by atoms with E-state index >= 15 is 0 Å². The van der Waals surface area contributed by atoms with Crippen LogP contribution >= 0.6 is 0 Å². The number of hydrogen-bond donors (Lipinski definition) is 1. The van der Waals surface area contributed by atoms with Gasteiger partial charge in [0.15, 0.2) is 0 Å². The van der Waals surface area contributed by atoms with Gasteiger partial charge in [0.05, 0.1) is 19.0 Å². The monoisotopic (exact) mass is 471 g/mol. The van der Waals surface area contributed by atoms with Gasteiger partial charge in [-0.2, -0.15) is 0 Å². The normalized spacial score (nSPS) is 17.4. The van der Waals surface area contributed by atoms with E-state index in [0.717, 1.165) is 16.5 Å². The van der Waals surface area contributed by atoms with Crippen LogP contribution in [-0.4, -0.2) is 44.9 Å². The average molecular weight is 472 g/mol. The highest BCUT2D eigenvalue weighted by molar-refractivity contribution is 6.46. The lowest BCUT2D eigenvalue weighted by Crippen LogP contribution is -2.31. The number of aliphatic hydroxyl groups is 1. The van der Waals surface area contributed by atoms with Gasteiger partial charge >= 0.3 is 0 Å². The first-order valence-electron chi connectivity index (χ1n) is 11.3. The number of ketones is 1. The Hall–Kier alpha value is -4.33. The van der Waals surface area contributed by atoms with Gasteiger partial charge in [-0.1, -0.05) is 18.2 Å². The summed E-state index contributed by atoms with van der Waals surface area (Å²) in [6, 6.07) is 13.7. The first-order valence-corrected chi connectivity index (χ1v) is 11.3. The van der Waals surface area contributed by atoms with Crippen molar-refractivity contribution in [3.05, 3.63) is 89.9 Å². The quantitative estimate of drug-likeness (QED) is 0.243. The zero-order valence-electron chi connectivity index (χ0n) is 19.5. The third-order valence-electron chi connectivity index (χ3n) is 6.27. The molecular formula is C27H25N3O5. The number of likely N-dealkylation sites (tertiary alicyclic amines) is 1. The molecule has 1 unspecified atom stereocenters. The molecule has 1 aliphatic heterocycles. The minimum Gasteiger partial charge on any atom is -0.507 e. The van der Waals surface area contributed by atoms with Crippen molar-refractivity contribution in [1.29, 1.82) is 0 Å². The first kappa shape index (κ1) is 22.5. The van der Waals surface area contributed by atoms with Crippen LogP contribution in [0, 0.1) is 6.92 Å². The lowest BCUT2D eigenvalue weighted by Gasteiger charge is -2.23. The SMILES string of the molecule is COc1ccc2cc(/C(O)=C3\C(=O)C(=O)N(CCCn4ccnc4)C3c3ccc(C)o3)ccc2c1. The number of furan rings is 1. The maximum Gasteiger partial charge on any atom is 0.295 e. The number of carbonyl (C=O) groups excluding carboxylic acids is 2. The fraction of sp³-hybridized carbons (Fsp3) is 0.222. The van der Waals surface area contributed by atoms with Gasteiger partial charge in [-0.25, -0.2) is 4.98 Å². The molecule has 1 amide bonds. The summed E-state index contributed by atoms with van der Waals surface area (Å²) in [5, 5.41) is 13.1. The molecule has 0 spiro atoms. The highest BCUT2D eigenvalue weighted by Crippen LogP contribution is 2.40. The van der Waals surface area contributed by atoms with Crippen molar-refractivity contribution >= 4 is 28.2 Å². The van der Waals surface area contributed by atoms with Crippen molar-refractivity contribution in [1.82, 2.24) is 14.5 Å². The van der Waals surface area contributed by atoms with Gasteiger partial charge in [0, 0.05) is 31.0 Å². The molecule has 1 aliphatic rings. The third kappa shape index (κ3) is 4.19. The number of carbonyl (C=O) groups is 2. The molecule has 8 heteroatoms. The Morgan fingerprint density at radius 2 is 1.89 bits per heavy atom. The van der Waals surface area contributed by atoms with E-state index in [1.165, 1.54) is 4.90 Å². The number of nitrogens with zero attached hydrogens (tertiary/aromatic N) is 3. The molecule has 2 aromatic heterocycles. The molecule has 178 valence electrons. The molecule has 2 aromatic carbocycles. The second-order valence-electron chi connectivity index (χ2n) is 8.52. The molecule has 0 aliphatic carbocycles. The molecular weight excluding hydrogens is 446 g/mol. The van der Waals surface area contributed by atoms with E-state index in [4.69, 9.17) is 9.15 Å². The molecule has 35 heavy (non-hydrogen) atoms. The number of rotatable bonds is 7. The highest BCUT2D eigenvalue weighted by Gasteiger charge is 2.47. The summed E-state index contributed by atoms with van der Waals surface area (Å²) < 4.78 is 13.0. The minimum atomic E-state index is -0.807. The molecule has 4 aromatic rings. The number of fused-ring (bicyclic) bond motifs is 1. The second-order valence-corrected chi connectivity index (χ2v) is 8.52. The van der Waals surface area contributed by atoms with Crippen LogP contribution in [0.5, 0.6) is 5.75 Å². The molecule has 0 radical (unpaired) electrons. The van der Waals surface area contributed by atoms with Gasteiger partial charge < -0.3 is 23.7 Å². The zero-order chi connectivity index (χ0) is 24.5. The zero-order valence-corrected chi connectivity index (χ0v) is 19.5. The van der Waals surface area contributed by atoms with E-state index < -0.39 is 17.7 Å². The van der Waals surface area contributed by atoms with Crippen LogP contribution in [0.2, 0.25) is 0 Å². The predicted molar refractivity (Wildman–Crippen MR) is 130 cm³/mol. The number of ether oxygens (including phenoxy) is 1. The standard InChI is InChI=1S/C27H25N3O5/c1-17-4-9-22(35-17)24-23(26(32)27(33)30(24)12-3-11-29-13-10-28-16-29)25(31)20-6-5-19-15-21(34-2)8-7-18(19)14-20/h4-10,13-16,24,31H,3,11-12H2,1-2H3/b25-23+. The van der Waals surface area contributed by atoms with Crippen molar-refractivity contribution in [2.24, 2.45) is 0 Å². The minimum absolute atomic E-state index is 0.0276. The summed E-state index contributed by atoms with van der Waals surface area (Å²) in [5.41, 5.74) is 0.479. The van der Waals surface area contributed by atoms with Gasteiger partial charge in [-0.15, -0.1) is 0 Å². The lowest BCUT2D eigenvalue weighted by atomic mass is 9.97. The molecule has 3 heterocycles. The van der Waals surface area contributed by atoms with Gasteiger partial charge in [0.25, 0.3) is 11.7 Å². The van der Waals surface area contributed by atoms with E-state index in [-0.39, 0.29) is 11.3 Å². The Bertz CT molecular complexity index is 1430. The molecule has 1 fully saturated rings. The largest absolute Gasteiger partial charge is 0.507 e. The highest BCUT2D eigenvalue weighted by atomic mass is 16.5. The van der Waals surface area contributed by atoms with Crippen LogP contribution in [0.25, 0.3) is 16.5 Å². The lowest BCUT2D eigenvalue weighted by molar-refractivity contribution is -0.140. The van der Waals surface area contributed by atoms with Crippen molar-refractivity contribution < 1.29 is 23.8 Å². The topological polar surface area (TPSA) is 97.8 Å². The summed E-state index contributed by atoms with van der Waals surface area (Å²) in [5.74, 6) is 0.224. The van der Waals surface area contributed by atoms with Crippen molar-refractivity contribution in [3.8, 4) is 5.75 Å². The number of benzene rings is 2. The average Bonchev–Trinajstić information content (AvgIpc) is 3.60. The maximum atomic E-state index is 13.2. The van der Waals surface area contributed by atoms with Crippen molar-refractivity contribution in [3.63, 3.8) is 0 Å². The molecule has 0 bridgehead atoms. The Balaban J connectivity index is 1.54. The molecule has 1 N–H and O–H groups in total. The number of aromatic nitrogens is 2. The number of amides is 1. The van der Waals surface area contributed by atoms with Crippen LogP contribution in [-0.2, 0) is 16.1 Å². The molecule has 5 rings (SSSR count). The third-order valence-corrected chi connectivity index (χ3v) is 6.27. The van der Waals surface area contributed by atoms with Crippen LogP contribution in [0.3, 0.4) is 0 Å². The smallest absolute Gasteiger partial charge is 0.295 e. The van der Waals surface area contributed by atoms with Gasteiger partial charge in [-0.3, -0.25) is 9.59 Å². The fourth-order valence-electron chi connectivity index (χ4n) is 4.50. The van der Waals surface area contributed by atoms with Crippen LogP contribution in [0.15, 0.2) is 77.2 Å². The number of Topliss-reactive ketones (excluding diaryl/α,β-unsaturated/α-hetero) is 1. The summed E-state index contributed by atoms with van der Waals surface area (Å²) in [4.78, 5) is 31.8. The molecule has 1 saturated heterocycles. The van der Waals surface area contributed by atoms with Crippen LogP contribution in [0.4, 0.5) is 0 Å². The summed E-state index contributed by atoms with van der Waals surface area (Å²) in [6.45, 7) is 2.76. The van der Waals surface area contributed by atoms with Crippen molar-refractivity contribution in [2.45, 2.75) is 25.9 Å². The first-order chi connectivity index (χ1) is 17.0. The number of hydrogen-bond acceptors (Lipinski definition) is 6. The Kier molecular flexibility index (Phi) is 5.86. The summed E-state index contributed by atoms with van der Waals surface area (Å²) in [6.07, 6.45) is 5.85. The number of aryl methyl sites for hydroxylation is 2. The van der Waals surface area contributed by atoms with Gasteiger partial charge in [0.1, 0.15) is 29.1 Å². The second kappa shape index (κ2) is 9.13. The molecule has 8 nitrogen and oxygen atoms in total. The Morgan fingerprint density at radius 1 is 1.09 bits per heavy atom. The van der Waals surface area contributed by atoms with E-state index in [2.05, 4.69) is 4.98 Å². The fourth-order valence-corrected chi connectivity index (χ4v) is 4.50. The number of aliphatic hydroxyl groups excluding tert-OH is 1. The van der Waals surface area contributed by atoms with E-state index in [0.29, 0.717) is 36.6 Å². The Labute approximate surface area is 202 Å². The molecule has 1 atom stereocenters. The van der Waals surface area contributed by atoms with Crippen LogP contribution < -0.4 is 4.74 Å². The number of imidazole rings is 1. The van der Waals surface area contributed by atoms with Gasteiger partial charge in [-0.05, 0) is 54.4 Å². The van der Waals surface area contributed by atoms with E-state index in [1.807, 2.05) is 35.0 Å². The predicted octanol–water partition coefficient (Wildman–Crippen LogP) is 4.46. The van der Waals surface area contributed by atoms with Crippen LogP contribution in [0.1, 0.15) is 29.5 Å². The maximum absolute atomic E-state index is 13.2. The van der Waals surface area contributed by atoms with E-state index in [9.17, 15) is 14.7 Å². The molecule has 0 saturated carbocycles. The van der Waals surface area contributed by atoms with Crippen molar-refractivity contribution in [2.75, 3.05) is 13.7 Å². The van der Waals surface area contributed by atoms with Gasteiger partial charge in [0.2, 0.25) is 0 Å². The number of methoxy groups -OCH3 is 1. The Morgan fingerprint density at radius 3 is 2.60 bits per heavy atom. The summed E-state index contributed by atoms with van der Waals surface area (Å²) >= 11 is 0. The summed E-state index contributed by atoms with van der Waals surface area (Å²) in [7, 11) is 1.60. The van der Waals surface area contributed by atoms with E-state index in [1.54, 1.807) is 50.8 Å².